The second kappa shape index (κ2) is 6.11. The first-order valence-corrected chi connectivity index (χ1v) is 7.19. The average molecular weight is 269 g/mol. The third-order valence-corrected chi connectivity index (χ3v) is 3.35. The lowest BCUT2D eigenvalue weighted by atomic mass is 10.1. The molecule has 0 fully saturated rings. The first-order chi connectivity index (χ1) is 9.49. The van der Waals surface area contributed by atoms with E-state index in [1.165, 1.54) is 16.5 Å². The quantitative estimate of drug-likeness (QED) is 0.838. The van der Waals surface area contributed by atoms with Crippen molar-refractivity contribution in [1.29, 1.82) is 5.26 Å². The SMILES string of the molecule is CC(C)(C)NCc1ccc2ccn(CCCC#N)c2c1. The number of hydrogen-bond acceptors (Lipinski definition) is 2. The van der Waals surface area contributed by atoms with E-state index < -0.39 is 0 Å². The minimum atomic E-state index is 0.129. The smallest absolute Gasteiger partial charge is 0.0622 e. The van der Waals surface area contributed by atoms with Gasteiger partial charge in [-0.15, -0.1) is 0 Å². The average Bonchev–Trinajstić information content (AvgIpc) is 2.79. The summed E-state index contributed by atoms with van der Waals surface area (Å²) in [5.41, 5.74) is 2.69. The highest BCUT2D eigenvalue weighted by Crippen LogP contribution is 2.19. The predicted octanol–water partition coefficient (Wildman–Crippen LogP) is 3.83. The summed E-state index contributed by atoms with van der Waals surface area (Å²) in [5.74, 6) is 0. The van der Waals surface area contributed by atoms with E-state index in [1.54, 1.807) is 0 Å². The number of nitriles is 1. The van der Waals surface area contributed by atoms with Crippen molar-refractivity contribution < 1.29 is 0 Å². The molecule has 0 bridgehead atoms. The number of aryl methyl sites for hydroxylation is 1. The van der Waals surface area contributed by atoms with Gasteiger partial charge in [0.2, 0.25) is 0 Å². The first-order valence-electron chi connectivity index (χ1n) is 7.19. The highest BCUT2D eigenvalue weighted by Gasteiger charge is 2.09. The van der Waals surface area contributed by atoms with Gasteiger partial charge in [-0.25, -0.2) is 0 Å². The molecule has 0 aliphatic rings. The highest BCUT2D eigenvalue weighted by atomic mass is 15.0. The first kappa shape index (κ1) is 14.6. The Labute approximate surface area is 121 Å². The van der Waals surface area contributed by atoms with Gasteiger partial charge in [0.25, 0.3) is 0 Å². The van der Waals surface area contributed by atoms with Crippen LogP contribution in [0.25, 0.3) is 10.9 Å². The van der Waals surface area contributed by atoms with Crippen LogP contribution in [0.5, 0.6) is 0 Å². The molecule has 0 spiro atoms. The van der Waals surface area contributed by atoms with Crippen molar-refractivity contribution in [3.63, 3.8) is 0 Å². The van der Waals surface area contributed by atoms with Gasteiger partial charge in [-0.2, -0.15) is 5.26 Å². The molecule has 0 radical (unpaired) electrons. The molecule has 0 aliphatic heterocycles. The molecule has 2 aromatic rings. The van der Waals surface area contributed by atoms with Crippen LogP contribution in [0.1, 0.15) is 39.2 Å². The molecule has 20 heavy (non-hydrogen) atoms. The molecule has 0 saturated heterocycles. The van der Waals surface area contributed by atoms with Crippen molar-refractivity contribution in [3.05, 3.63) is 36.0 Å². The summed E-state index contributed by atoms with van der Waals surface area (Å²) in [6.45, 7) is 8.32. The molecule has 0 amide bonds. The summed E-state index contributed by atoms with van der Waals surface area (Å²) in [7, 11) is 0. The van der Waals surface area contributed by atoms with Crippen LogP contribution in [0.4, 0.5) is 0 Å². The maximum absolute atomic E-state index is 8.63. The molecule has 3 nitrogen and oxygen atoms in total. The Balaban J connectivity index is 2.14. The van der Waals surface area contributed by atoms with Crippen LogP contribution < -0.4 is 5.32 Å². The molecule has 0 unspecified atom stereocenters. The highest BCUT2D eigenvalue weighted by molar-refractivity contribution is 5.80. The number of nitrogens with one attached hydrogen (secondary N) is 1. The minimum Gasteiger partial charge on any atom is -0.347 e. The summed E-state index contributed by atoms with van der Waals surface area (Å²) in [6.07, 6.45) is 3.64. The Kier molecular flexibility index (Phi) is 4.46. The number of rotatable bonds is 5. The topological polar surface area (TPSA) is 40.8 Å². The maximum Gasteiger partial charge on any atom is 0.0622 e. The van der Waals surface area contributed by atoms with Crippen LogP contribution in [0.2, 0.25) is 0 Å². The Bertz CT molecular complexity index is 611. The van der Waals surface area contributed by atoms with E-state index in [1.807, 2.05) is 0 Å². The van der Waals surface area contributed by atoms with E-state index in [9.17, 15) is 0 Å². The van der Waals surface area contributed by atoms with Crippen LogP contribution in [0.15, 0.2) is 30.5 Å². The molecule has 0 atom stereocenters. The van der Waals surface area contributed by atoms with Crippen molar-refractivity contribution in [2.75, 3.05) is 0 Å². The number of unbranched alkanes of at least 4 members (excludes halogenated alkanes) is 1. The van der Waals surface area contributed by atoms with Gasteiger partial charge in [0.05, 0.1) is 6.07 Å². The van der Waals surface area contributed by atoms with Gasteiger partial charge < -0.3 is 9.88 Å². The molecule has 0 saturated carbocycles. The Morgan fingerprint density at radius 1 is 1.25 bits per heavy atom. The predicted molar refractivity (Wildman–Crippen MR) is 83.4 cm³/mol. The summed E-state index contributed by atoms with van der Waals surface area (Å²) in [5, 5.41) is 13.4. The lowest BCUT2D eigenvalue weighted by Gasteiger charge is -2.20. The zero-order valence-corrected chi connectivity index (χ0v) is 12.6. The monoisotopic (exact) mass is 269 g/mol. The zero-order chi connectivity index (χ0) is 14.6. The lowest BCUT2D eigenvalue weighted by Crippen LogP contribution is -2.35. The van der Waals surface area contributed by atoms with E-state index in [4.69, 9.17) is 5.26 Å². The molecule has 0 aliphatic carbocycles. The number of hydrogen-bond donors (Lipinski definition) is 1. The number of benzene rings is 1. The van der Waals surface area contributed by atoms with Crippen molar-refractivity contribution in [2.24, 2.45) is 0 Å². The zero-order valence-electron chi connectivity index (χ0n) is 12.6. The molecule has 2 rings (SSSR count). The Hall–Kier alpha value is -1.79. The number of fused-ring (bicyclic) bond motifs is 1. The second-order valence-electron chi connectivity index (χ2n) is 6.27. The minimum absolute atomic E-state index is 0.129. The molecule has 1 aromatic carbocycles. The van der Waals surface area contributed by atoms with Gasteiger partial charge in [-0.1, -0.05) is 12.1 Å². The van der Waals surface area contributed by atoms with Gasteiger partial charge in [0.1, 0.15) is 0 Å². The third-order valence-electron chi connectivity index (χ3n) is 3.35. The van der Waals surface area contributed by atoms with Crippen molar-refractivity contribution >= 4 is 10.9 Å². The molecule has 106 valence electrons. The Morgan fingerprint density at radius 2 is 2.05 bits per heavy atom. The largest absolute Gasteiger partial charge is 0.347 e. The summed E-state index contributed by atoms with van der Waals surface area (Å²) in [6, 6.07) is 11.0. The van der Waals surface area contributed by atoms with E-state index in [-0.39, 0.29) is 5.54 Å². The van der Waals surface area contributed by atoms with Crippen LogP contribution in [0, 0.1) is 11.3 Å². The summed E-state index contributed by atoms with van der Waals surface area (Å²) < 4.78 is 2.24. The normalized spacial score (nSPS) is 11.7. The van der Waals surface area contributed by atoms with Crippen LogP contribution in [0.3, 0.4) is 0 Å². The second-order valence-corrected chi connectivity index (χ2v) is 6.27. The van der Waals surface area contributed by atoms with Gasteiger partial charge in [-0.3, -0.25) is 0 Å². The summed E-state index contributed by atoms with van der Waals surface area (Å²) in [4.78, 5) is 0. The van der Waals surface area contributed by atoms with Crippen LogP contribution in [-0.4, -0.2) is 10.1 Å². The molecular weight excluding hydrogens is 246 g/mol. The number of nitrogens with zero attached hydrogens (tertiary/aromatic N) is 2. The molecular formula is C17H23N3. The molecule has 3 heteroatoms. The standard InChI is InChI=1S/C17H23N3/c1-17(2,3)19-13-14-6-7-15-8-11-20(16(15)12-14)10-5-4-9-18/h6-8,11-12,19H,4-5,10,13H2,1-3H3. The fraction of sp³-hybridized carbons (Fsp3) is 0.471. The van der Waals surface area contributed by atoms with Crippen molar-refractivity contribution in [3.8, 4) is 6.07 Å². The summed E-state index contributed by atoms with van der Waals surface area (Å²) >= 11 is 0. The van der Waals surface area contributed by atoms with E-state index in [0.717, 1.165) is 19.5 Å². The fourth-order valence-corrected chi connectivity index (χ4v) is 2.23. The third kappa shape index (κ3) is 3.85. The van der Waals surface area contributed by atoms with Gasteiger partial charge in [0, 0.05) is 36.8 Å². The van der Waals surface area contributed by atoms with E-state index in [2.05, 4.69) is 67.2 Å². The fourth-order valence-electron chi connectivity index (χ4n) is 2.23. The van der Waals surface area contributed by atoms with Crippen molar-refractivity contribution in [1.82, 2.24) is 9.88 Å². The van der Waals surface area contributed by atoms with Gasteiger partial charge >= 0.3 is 0 Å². The van der Waals surface area contributed by atoms with Gasteiger partial charge in [-0.05, 0) is 50.3 Å². The number of aromatic nitrogens is 1. The van der Waals surface area contributed by atoms with Crippen LogP contribution >= 0.6 is 0 Å². The lowest BCUT2D eigenvalue weighted by molar-refractivity contribution is 0.424. The Morgan fingerprint density at radius 3 is 2.75 bits per heavy atom. The molecule has 1 N–H and O–H groups in total. The molecule has 1 heterocycles. The van der Waals surface area contributed by atoms with Gasteiger partial charge in [0.15, 0.2) is 0 Å². The maximum atomic E-state index is 8.63. The van der Waals surface area contributed by atoms with E-state index >= 15 is 0 Å². The van der Waals surface area contributed by atoms with Crippen LogP contribution in [-0.2, 0) is 13.1 Å². The van der Waals surface area contributed by atoms with E-state index in [0.29, 0.717) is 6.42 Å². The molecule has 1 aromatic heterocycles. The van der Waals surface area contributed by atoms with Crippen molar-refractivity contribution in [2.45, 2.75) is 52.2 Å².